The summed E-state index contributed by atoms with van der Waals surface area (Å²) in [5.74, 6) is -1.76. The zero-order valence-corrected chi connectivity index (χ0v) is 16.8. The number of carboxylic acid groups (broad SMARTS) is 1. The maximum atomic E-state index is 11.4. The monoisotopic (exact) mass is 471 g/mol. The molecule has 3 rings (SSSR count). The smallest absolute Gasteiger partial charge is 0.187 e. The molecule has 0 aliphatic carbocycles. The zero-order valence-electron chi connectivity index (χ0n) is 16.8. The van der Waals surface area contributed by atoms with E-state index in [4.69, 9.17) is 28.4 Å². The Morgan fingerprint density at radius 2 is 1.50 bits per heavy atom. The van der Waals surface area contributed by atoms with Crippen LogP contribution in [0.5, 0.6) is 0 Å². The number of carboxylic acids is 1. The molecule has 0 aromatic carbocycles. The molecule has 0 saturated carbocycles. The molecule has 13 atom stereocenters. The van der Waals surface area contributed by atoms with E-state index < -0.39 is 92.5 Å². The molecule has 0 aromatic rings. The minimum atomic E-state index is -1.85. The zero-order chi connectivity index (χ0) is 23.7. The number of rotatable bonds is 6. The summed E-state index contributed by atoms with van der Waals surface area (Å²) in [5, 5.41) is 81.4. The van der Waals surface area contributed by atoms with Gasteiger partial charge in [0.2, 0.25) is 0 Å². The van der Waals surface area contributed by atoms with Crippen molar-refractivity contribution in [1.82, 2.24) is 0 Å². The van der Waals surface area contributed by atoms with Crippen molar-refractivity contribution in [3.05, 3.63) is 0 Å². The number of aliphatic carboxylic acids is 1. The minimum Gasteiger partial charge on any atom is -0.547 e. The summed E-state index contributed by atoms with van der Waals surface area (Å²) < 4.78 is 31.1. The quantitative estimate of drug-likeness (QED) is 0.190. The molecule has 0 bridgehead atoms. The molecule has 0 aromatic heterocycles. The van der Waals surface area contributed by atoms with Gasteiger partial charge in [-0.15, -0.1) is 0 Å². The van der Waals surface area contributed by atoms with Crippen LogP contribution >= 0.6 is 0 Å². The molecule has 0 spiro atoms. The third-order valence-electron chi connectivity index (χ3n) is 5.53. The first-order valence-corrected chi connectivity index (χ1v) is 9.76. The van der Waals surface area contributed by atoms with Crippen molar-refractivity contribution in [3.63, 3.8) is 0 Å². The Kier molecular flexibility index (Phi) is 8.37. The predicted molar refractivity (Wildman–Crippen MR) is 92.0 cm³/mol. The number of ether oxygens (including phenoxy) is 6. The predicted octanol–water partition coefficient (Wildman–Crippen LogP) is -6.88. The molecule has 3 fully saturated rings. The summed E-state index contributed by atoms with van der Waals surface area (Å²) in [6.45, 7) is -0.807. The van der Waals surface area contributed by atoms with Crippen LogP contribution in [0.3, 0.4) is 0 Å². The maximum Gasteiger partial charge on any atom is 0.187 e. The van der Waals surface area contributed by atoms with E-state index in [-0.39, 0.29) is 6.61 Å². The first-order valence-electron chi connectivity index (χ1n) is 9.76. The van der Waals surface area contributed by atoms with Crippen molar-refractivity contribution in [3.8, 4) is 0 Å². The molecule has 0 radical (unpaired) electrons. The Labute approximate surface area is 181 Å². The van der Waals surface area contributed by atoms with Crippen LogP contribution in [0, 0.1) is 0 Å². The third kappa shape index (κ3) is 5.05. The average molecular weight is 471 g/mol. The summed E-state index contributed by atoms with van der Waals surface area (Å²) in [6, 6.07) is 0. The molecule has 15 heteroatoms. The van der Waals surface area contributed by atoms with Gasteiger partial charge in [-0.1, -0.05) is 0 Å². The van der Waals surface area contributed by atoms with Gasteiger partial charge in [0.15, 0.2) is 18.9 Å². The number of methoxy groups -OCH3 is 1. The van der Waals surface area contributed by atoms with Crippen LogP contribution in [0.1, 0.15) is 0 Å². The SMILES string of the molecule is CO[C@H]1[C@H](O)[C@@H](O)[C@@H](O[C@H]2[C@H](O[C@@H]3CO[C@@H](O)[C@H](O)[C@H]3O)OC[C@@H](O)[C@@H]2O)O[C@@H]1C(=O)[O-]. The molecule has 32 heavy (non-hydrogen) atoms. The van der Waals surface area contributed by atoms with Gasteiger partial charge in [0.1, 0.15) is 61.0 Å². The van der Waals surface area contributed by atoms with Crippen LogP contribution in [0.15, 0.2) is 0 Å². The van der Waals surface area contributed by atoms with E-state index in [0.29, 0.717) is 0 Å². The van der Waals surface area contributed by atoms with Crippen molar-refractivity contribution in [2.45, 2.75) is 79.9 Å². The Hall–Kier alpha value is -1.05. The number of aliphatic hydroxyl groups is 7. The van der Waals surface area contributed by atoms with Crippen LogP contribution in [0.2, 0.25) is 0 Å². The lowest BCUT2D eigenvalue weighted by Gasteiger charge is -2.46. The summed E-state index contributed by atoms with van der Waals surface area (Å²) in [6.07, 6.45) is -21.4. The molecule has 0 amide bonds. The van der Waals surface area contributed by atoms with Crippen LogP contribution in [-0.4, -0.2) is 142 Å². The second kappa shape index (κ2) is 10.5. The fraction of sp³-hybridized carbons (Fsp3) is 0.941. The van der Waals surface area contributed by atoms with Gasteiger partial charge >= 0.3 is 0 Å². The van der Waals surface area contributed by atoms with Crippen LogP contribution in [0.25, 0.3) is 0 Å². The molecule has 186 valence electrons. The lowest BCUT2D eigenvalue weighted by Crippen LogP contribution is -2.66. The third-order valence-corrected chi connectivity index (χ3v) is 5.53. The van der Waals surface area contributed by atoms with Gasteiger partial charge in [-0.2, -0.15) is 0 Å². The molecular formula is C17H27O15-. The second-order valence-electron chi connectivity index (χ2n) is 7.67. The number of aliphatic hydroxyl groups excluding tert-OH is 7. The highest BCUT2D eigenvalue weighted by molar-refractivity contribution is 5.71. The van der Waals surface area contributed by atoms with Crippen molar-refractivity contribution < 1.29 is 74.1 Å². The molecule has 3 saturated heterocycles. The standard InChI is InChI=1S/C17H28O15/c1-27-11-8(21)10(23)16(32-13(11)14(24)25)31-12-6(19)4(18)2-29-17(12)30-5-3-28-15(26)9(22)7(5)20/h4-13,15-23,26H,2-3H2,1H3,(H,24,25)/p-1/t4-,5-,6+,7+,8-,9-,10-,11+,12-,13+,15-,16+,17+/m1/s1. The summed E-state index contributed by atoms with van der Waals surface area (Å²) in [4.78, 5) is 11.4. The maximum absolute atomic E-state index is 11.4. The molecule has 15 nitrogen and oxygen atoms in total. The summed E-state index contributed by atoms with van der Waals surface area (Å²) in [5.41, 5.74) is 0. The Balaban J connectivity index is 1.75. The van der Waals surface area contributed by atoms with Gasteiger partial charge in [-0.3, -0.25) is 0 Å². The summed E-state index contributed by atoms with van der Waals surface area (Å²) >= 11 is 0. The first-order chi connectivity index (χ1) is 15.1. The topological polar surface area (TPSA) is 237 Å². The van der Waals surface area contributed by atoms with Crippen LogP contribution in [-0.2, 0) is 33.2 Å². The van der Waals surface area contributed by atoms with Gasteiger partial charge in [-0.25, -0.2) is 0 Å². The summed E-state index contributed by atoms with van der Waals surface area (Å²) in [7, 11) is 1.09. The molecule has 3 aliphatic rings. The van der Waals surface area contributed by atoms with Gasteiger partial charge < -0.3 is 74.1 Å². The van der Waals surface area contributed by atoms with E-state index in [9.17, 15) is 45.6 Å². The molecule has 0 unspecified atom stereocenters. The second-order valence-corrected chi connectivity index (χ2v) is 7.67. The van der Waals surface area contributed by atoms with Gasteiger partial charge in [0, 0.05) is 7.11 Å². The number of hydrogen-bond acceptors (Lipinski definition) is 15. The van der Waals surface area contributed by atoms with Crippen LogP contribution in [0.4, 0.5) is 0 Å². The lowest BCUT2D eigenvalue weighted by molar-refractivity contribution is -0.380. The van der Waals surface area contributed by atoms with E-state index in [1.54, 1.807) is 0 Å². The fourth-order valence-electron chi connectivity index (χ4n) is 3.66. The van der Waals surface area contributed by atoms with E-state index >= 15 is 0 Å². The highest BCUT2D eigenvalue weighted by Crippen LogP contribution is 2.30. The Morgan fingerprint density at radius 1 is 0.812 bits per heavy atom. The minimum absolute atomic E-state index is 0.381. The normalized spacial score (nSPS) is 50.2. The molecule has 3 heterocycles. The molecular weight excluding hydrogens is 444 g/mol. The lowest BCUT2D eigenvalue weighted by atomic mass is 9.98. The fourth-order valence-corrected chi connectivity index (χ4v) is 3.66. The van der Waals surface area contributed by atoms with Crippen molar-refractivity contribution >= 4 is 5.97 Å². The highest BCUT2D eigenvalue weighted by Gasteiger charge is 2.51. The van der Waals surface area contributed by atoms with E-state index in [1.165, 1.54) is 0 Å². The van der Waals surface area contributed by atoms with Crippen molar-refractivity contribution in [1.29, 1.82) is 0 Å². The van der Waals surface area contributed by atoms with Gasteiger partial charge in [0.25, 0.3) is 0 Å². The largest absolute Gasteiger partial charge is 0.547 e. The van der Waals surface area contributed by atoms with Gasteiger partial charge in [-0.05, 0) is 0 Å². The van der Waals surface area contributed by atoms with Crippen LogP contribution < -0.4 is 5.11 Å². The Bertz CT molecular complexity index is 635. The van der Waals surface area contributed by atoms with E-state index in [1.807, 2.05) is 0 Å². The highest BCUT2D eigenvalue weighted by atomic mass is 16.8. The van der Waals surface area contributed by atoms with Gasteiger partial charge in [0.05, 0.1) is 19.2 Å². The van der Waals surface area contributed by atoms with E-state index in [2.05, 4.69) is 0 Å². The molecule has 3 aliphatic heterocycles. The number of carbonyl (C=O) groups is 1. The number of hydrogen-bond donors (Lipinski definition) is 7. The Morgan fingerprint density at radius 3 is 2.12 bits per heavy atom. The molecule has 7 N–H and O–H groups in total. The average Bonchev–Trinajstić information content (AvgIpc) is 2.76. The number of carbonyl (C=O) groups excluding carboxylic acids is 1. The van der Waals surface area contributed by atoms with Crippen molar-refractivity contribution in [2.24, 2.45) is 0 Å². The van der Waals surface area contributed by atoms with E-state index in [0.717, 1.165) is 7.11 Å². The first kappa shape index (κ1) is 25.6. The van der Waals surface area contributed by atoms with Crippen molar-refractivity contribution in [2.75, 3.05) is 20.3 Å².